The molecule has 0 aromatic carbocycles. The smallest absolute Gasteiger partial charge is 0.136 e. The Bertz CT molecular complexity index is 587. The van der Waals surface area contributed by atoms with Crippen LogP contribution in [0.25, 0.3) is 0 Å². The van der Waals surface area contributed by atoms with Crippen LogP contribution in [0.15, 0.2) is 12.4 Å². The van der Waals surface area contributed by atoms with Gasteiger partial charge in [0.1, 0.15) is 11.6 Å². The maximum atomic E-state index is 12.8. The number of Topliss-reactive ketones (excluding diaryl/α,β-unsaturated/α-hetero) is 1. The lowest BCUT2D eigenvalue weighted by atomic mass is 9.73. The monoisotopic (exact) mass is 404 g/mol. The molecule has 0 atom stereocenters. The van der Waals surface area contributed by atoms with E-state index in [9.17, 15) is 4.79 Å². The third-order valence-corrected chi connectivity index (χ3v) is 7.32. The van der Waals surface area contributed by atoms with E-state index in [0.29, 0.717) is 23.5 Å². The molecule has 0 aliphatic heterocycles. The predicted molar refractivity (Wildman–Crippen MR) is 116 cm³/mol. The second-order valence-corrected chi connectivity index (χ2v) is 9.50. The molecule has 0 unspecified atom stereocenters. The van der Waals surface area contributed by atoms with E-state index < -0.39 is 0 Å². The summed E-state index contributed by atoms with van der Waals surface area (Å²) in [6.45, 7) is 2.16. The summed E-state index contributed by atoms with van der Waals surface area (Å²) in [5.41, 5.74) is 1.26. The van der Waals surface area contributed by atoms with Crippen LogP contribution in [0.2, 0.25) is 0 Å². The number of hydrogen-bond acceptors (Lipinski definition) is 3. The highest BCUT2D eigenvalue weighted by molar-refractivity contribution is 6.17. The molecule has 1 aromatic heterocycles. The molecule has 1 heterocycles. The van der Waals surface area contributed by atoms with E-state index in [2.05, 4.69) is 16.9 Å². The molecule has 28 heavy (non-hydrogen) atoms. The minimum atomic E-state index is 0.297. The first-order chi connectivity index (χ1) is 13.7. The molecular formula is C24H37ClN2O. The van der Waals surface area contributed by atoms with Gasteiger partial charge in [0.2, 0.25) is 0 Å². The van der Waals surface area contributed by atoms with Crippen LogP contribution >= 0.6 is 11.6 Å². The SMILES string of the molecule is CCCc1ncc(C2CCC(C(=O)CC3CCC(CCCCl)CC3)CC2)cn1. The van der Waals surface area contributed by atoms with E-state index in [-0.39, 0.29) is 0 Å². The Labute approximate surface area is 176 Å². The maximum absolute atomic E-state index is 12.8. The van der Waals surface area contributed by atoms with Gasteiger partial charge in [0.15, 0.2) is 0 Å². The number of aromatic nitrogens is 2. The molecule has 0 bridgehead atoms. The van der Waals surface area contributed by atoms with Crippen LogP contribution in [0.5, 0.6) is 0 Å². The van der Waals surface area contributed by atoms with Gasteiger partial charge in [-0.25, -0.2) is 9.97 Å². The van der Waals surface area contributed by atoms with Crippen LogP contribution in [0.4, 0.5) is 0 Å². The number of nitrogens with zero attached hydrogens (tertiary/aromatic N) is 2. The number of halogens is 1. The first-order valence-corrected chi connectivity index (χ1v) is 12.1. The average molecular weight is 405 g/mol. The van der Waals surface area contributed by atoms with Crippen LogP contribution < -0.4 is 0 Å². The molecule has 2 aliphatic carbocycles. The standard InChI is InChI=1S/C24H37ClN2O/c1-2-4-24-26-16-22(17-27-24)20-10-12-21(13-11-20)23(28)15-19-8-6-18(7-9-19)5-3-14-25/h16-21H,2-15H2,1H3. The molecule has 0 saturated heterocycles. The van der Waals surface area contributed by atoms with Gasteiger partial charge in [-0.15, -0.1) is 11.6 Å². The zero-order chi connectivity index (χ0) is 19.8. The fourth-order valence-corrected chi connectivity index (χ4v) is 5.37. The molecule has 3 rings (SSSR count). The lowest BCUT2D eigenvalue weighted by molar-refractivity contribution is -0.125. The summed E-state index contributed by atoms with van der Waals surface area (Å²) in [4.78, 5) is 21.9. The van der Waals surface area contributed by atoms with Crippen molar-refractivity contribution in [2.45, 2.75) is 96.3 Å². The fourth-order valence-electron chi connectivity index (χ4n) is 5.22. The van der Waals surface area contributed by atoms with Crippen molar-refractivity contribution >= 4 is 17.4 Å². The predicted octanol–water partition coefficient (Wildman–Crippen LogP) is 6.49. The van der Waals surface area contributed by atoms with E-state index in [1.165, 1.54) is 37.7 Å². The van der Waals surface area contributed by atoms with E-state index in [0.717, 1.165) is 69.0 Å². The normalized spacial score (nSPS) is 28.2. The summed E-state index contributed by atoms with van der Waals surface area (Å²) in [5.74, 6) is 4.60. The van der Waals surface area contributed by atoms with E-state index in [1.54, 1.807) is 0 Å². The van der Waals surface area contributed by atoms with Crippen molar-refractivity contribution in [3.63, 3.8) is 0 Å². The molecule has 2 saturated carbocycles. The number of carbonyl (C=O) groups excluding carboxylic acids is 1. The Morgan fingerprint density at radius 1 is 1.00 bits per heavy atom. The van der Waals surface area contributed by atoms with Gasteiger partial charge in [-0.1, -0.05) is 19.8 Å². The highest BCUT2D eigenvalue weighted by atomic mass is 35.5. The summed E-state index contributed by atoms with van der Waals surface area (Å²) in [5, 5.41) is 0. The van der Waals surface area contributed by atoms with Crippen molar-refractivity contribution < 1.29 is 4.79 Å². The first-order valence-electron chi connectivity index (χ1n) is 11.6. The third-order valence-electron chi connectivity index (χ3n) is 7.06. The molecule has 2 aliphatic rings. The molecule has 3 nitrogen and oxygen atoms in total. The molecule has 0 amide bonds. The van der Waals surface area contributed by atoms with Gasteiger partial charge in [-0.3, -0.25) is 4.79 Å². The van der Waals surface area contributed by atoms with Gasteiger partial charge >= 0.3 is 0 Å². The summed E-state index contributed by atoms with van der Waals surface area (Å²) in [6.07, 6.45) is 18.7. The van der Waals surface area contributed by atoms with Gasteiger partial charge in [0.25, 0.3) is 0 Å². The summed E-state index contributed by atoms with van der Waals surface area (Å²) in [6, 6.07) is 0. The van der Waals surface area contributed by atoms with E-state index in [1.807, 2.05) is 12.4 Å². The lowest BCUT2D eigenvalue weighted by Crippen LogP contribution is -2.25. The van der Waals surface area contributed by atoms with Gasteiger partial charge < -0.3 is 0 Å². The van der Waals surface area contributed by atoms with Gasteiger partial charge in [-0.2, -0.15) is 0 Å². The van der Waals surface area contributed by atoms with Gasteiger partial charge in [-0.05, 0) is 81.1 Å². The second-order valence-electron chi connectivity index (χ2n) is 9.12. The molecule has 4 heteroatoms. The molecular weight excluding hydrogens is 368 g/mol. The maximum Gasteiger partial charge on any atom is 0.136 e. The summed E-state index contributed by atoms with van der Waals surface area (Å²) < 4.78 is 0. The summed E-state index contributed by atoms with van der Waals surface area (Å²) in [7, 11) is 0. The highest BCUT2D eigenvalue weighted by Gasteiger charge is 2.30. The third kappa shape index (κ3) is 6.27. The van der Waals surface area contributed by atoms with Crippen molar-refractivity contribution in [3.05, 3.63) is 23.8 Å². The zero-order valence-electron chi connectivity index (χ0n) is 17.5. The van der Waals surface area contributed by atoms with Crippen molar-refractivity contribution in [1.29, 1.82) is 0 Å². The van der Waals surface area contributed by atoms with Crippen LogP contribution in [0, 0.1) is 17.8 Å². The van der Waals surface area contributed by atoms with Gasteiger partial charge in [0.05, 0.1) is 0 Å². The molecule has 1 aromatic rings. The quantitative estimate of drug-likeness (QED) is 0.442. The molecule has 0 spiro atoms. The van der Waals surface area contributed by atoms with Gasteiger partial charge in [0, 0.05) is 37.0 Å². The average Bonchev–Trinajstić information content (AvgIpc) is 2.74. The number of rotatable bonds is 9. The van der Waals surface area contributed by atoms with Crippen molar-refractivity contribution in [3.8, 4) is 0 Å². The lowest BCUT2D eigenvalue weighted by Gasteiger charge is -2.31. The highest BCUT2D eigenvalue weighted by Crippen LogP contribution is 2.38. The Kier molecular flexibility index (Phi) is 8.76. The van der Waals surface area contributed by atoms with Crippen LogP contribution in [0.1, 0.15) is 101 Å². The fraction of sp³-hybridized carbons (Fsp3) is 0.792. The van der Waals surface area contributed by atoms with Crippen molar-refractivity contribution in [2.75, 3.05) is 5.88 Å². The first kappa shape index (κ1) is 21.7. The Morgan fingerprint density at radius 2 is 1.64 bits per heavy atom. The zero-order valence-corrected chi connectivity index (χ0v) is 18.3. The number of carbonyl (C=O) groups is 1. The van der Waals surface area contributed by atoms with E-state index in [4.69, 9.17) is 11.6 Å². The number of ketones is 1. The molecule has 0 N–H and O–H groups in total. The molecule has 0 radical (unpaired) electrons. The van der Waals surface area contributed by atoms with Crippen LogP contribution in [0.3, 0.4) is 0 Å². The Hall–Kier alpha value is -0.960. The van der Waals surface area contributed by atoms with Crippen molar-refractivity contribution in [2.24, 2.45) is 17.8 Å². The Morgan fingerprint density at radius 3 is 2.25 bits per heavy atom. The van der Waals surface area contributed by atoms with E-state index >= 15 is 0 Å². The minimum Gasteiger partial charge on any atom is -0.299 e. The number of hydrogen-bond donors (Lipinski definition) is 0. The largest absolute Gasteiger partial charge is 0.299 e. The van der Waals surface area contributed by atoms with Crippen molar-refractivity contribution in [1.82, 2.24) is 9.97 Å². The van der Waals surface area contributed by atoms with Crippen LogP contribution in [-0.2, 0) is 11.2 Å². The topological polar surface area (TPSA) is 42.9 Å². The molecule has 156 valence electrons. The number of alkyl halides is 1. The minimum absolute atomic E-state index is 0.297. The Balaban J connectivity index is 1.39. The number of aryl methyl sites for hydroxylation is 1. The summed E-state index contributed by atoms with van der Waals surface area (Å²) >= 11 is 5.82. The van der Waals surface area contributed by atoms with Crippen LogP contribution in [-0.4, -0.2) is 21.6 Å². The molecule has 2 fully saturated rings. The second kappa shape index (κ2) is 11.3.